The van der Waals surface area contributed by atoms with Gasteiger partial charge >= 0.3 is 0 Å². The van der Waals surface area contributed by atoms with Gasteiger partial charge in [0.05, 0.1) is 17.0 Å². The third kappa shape index (κ3) is 5.90. The van der Waals surface area contributed by atoms with E-state index >= 15 is 0 Å². The van der Waals surface area contributed by atoms with Crippen LogP contribution in [0.4, 0.5) is 5.13 Å². The van der Waals surface area contributed by atoms with Crippen molar-refractivity contribution in [2.45, 2.75) is 11.3 Å². The molecule has 0 fully saturated rings. The van der Waals surface area contributed by atoms with Crippen molar-refractivity contribution >= 4 is 38.3 Å². The van der Waals surface area contributed by atoms with Gasteiger partial charge in [-0.15, -0.1) is 11.3 Å². The second-order valence-corrected chi connectivity index (χ2v) is 9.98. The summed E-state index contributed by atoms with van der Waals surface area (Å²) in [6.07, 6.45) is 0.140. The molecule has 0 unspecified atom stereocenters. The van der Waals surface area contributed by atoms with Gasteiger partial charge in [-0.25, -0.2) is 17.7 Å². The fraction of sp³-hybridized carbons (Fsp3) is 0.190. The average molecular weight is 475 g/mol. The molecule has 1 aromatic heterocycles. The molecular formula is C21H22N4O5S2. The molecular weight excluding hydrogens is 452 g/mol. The lowest BCUT2D eigenvalue weighted by atomic mass is 10.1. The van der Waals surface area contributed by atoms with Crippen molar-refractivity contribution < 1.29 is 22.7 Å². The van der Waals surface area contributed by atoms with Crippen molar-refractivity contribution in [1.29, 1.82) is 0 Å². The third-order valence-electron chi connectivity index (χ3n) is 4.35. The maximum atomic E-state index is 12.2. The van der Waals surface area contributed by atoms with Gasteiger partial charge in [-0.1, -0.05) is 24.3 Å². The molecule has 0 bridgehead atoms. The number of primary amides is 1. The number of carbonyl (C=O) groups excluding carboxylic acids is 2. The minimum Gasteiger partial charge on any atom is -0.484 e. The van der Waals surface area contributed by atoms with Crippen LogP contribution in [0.3, 0.4) is 0 Å². The summed E-state index contributed by atoms with van der Waals surface area (Å²) in [6, 6.07) is 13.1. The standard InChI is InChI=1S/C21H22N4O5S2/c1-25(2)32(28,29)17-9-5-15(6-10-17)18-13-31-21(23-18)24-20(27)12-30-16-7-3-14(4-8-16)11-19(22)26/h3-10,13H,11-12H2,1-2H3,(H2,22,26)(H,23,24,27). The van der Waals surface area contributed by atoms with E-state index in [2.05, 4.69) is 10.3 Å². The Kier molecular flexibility index (Phi) is 7.23. The number of nitrogens with one attached hydrogen (secondary N) is 1. The van der Waals surface area contributed by atoms with Crippen LogP contribution in [0.5, 0.6) is 5.75 Å². The minimum atomic E-state index is -3.50. The molecule has 3 N–H and O–H groups in total. The predicted molar refractivity (Wildman–Crippen MR) is 122 cm³/mol. The molecule has 1 heterocycles. The second kappa shape index (κ2) is 9.90. The fourth-order valence-corrected chi connectivity index (χ4v) is 4.32. The molecule has 0 spiro atoms. The first kappa shape index (κ1) is 23.4. The lowest BCUT2D eigenvalue weighted by molar-refractivity contribution is -0.118. The molecule has 3 aromatic rings. The van der Waals surface area contributed by atoms with Gasteiger partial charge in [-0.3, -0.25) is 14.9 Å². The Morgan fingerprint density at radius 3 is 2.34 bits per heavy atom. The van der Waals surface area contributed by atoms with Crippen molar-refractivity contribution in [3.8, 4) is 17.0 Å². The van der Waals surface area contributed by atoms with Gasteiger partial charge in [0, 0.05) is 25.0 Å². The first-order chi connectivity index (χ1) is 15.1. The molecule has 0 atom stereocenters. The molecule has 0 aliphatic rings. The number of ether oxygens (including phenoxy) is 1. The molecule has 0 radical (unpaired) electrons. The third-order valence-corrected chi connectivity index (χ3v) is 6.94. The SMILES string of the molecule is CN(C)S(=O)(=O)c1ccc(-c2csc(NC(=O)COc3ccc(CC(N)=O)cc3)n2)cc1. The topological polar surface area (TPSA) is 132 Å². The smallest absolute Gasteiger partial charge is 0.264 e. The van der Waals surface area contributed by atoms with Crippen LogP contribution in [0.2, 0.25) is 0 Å². The van der Waals surface area contributed by atoms with E-state index < -0.39 is 15.9 Å². The number of anilines is 1. The fourth-order valence-electron chi connectivity index (χ4n) is 2.68. The molecule has 11 heteroatoms. The minimum absolute atomic E-state index is 0.140. The van der Waals surface area contributed by atoms with Crippen LogP contribution in [-0.2, 0) is 26.0 Å². The quantitative estimate of drug-likeness (QED) is 0.488. The van der Waals surface area contributed by atoms with E-state index in [1.54, 1.807) is 41.8 Å². The number of hydrogen-bond donors (Lipinski definition) is 2. The molecule has 3 rings (SSSR count). The van der Waals surface area contributed by atoms with E-state index in [-0.39, 0.29) is 23.8 Å². The molecule has 0 saturated heterocycles. The number of aromatic nitrogens is 1. The van der Waals surface area contributed by atoms with Crippen LogP contribution in [0.15, 0.2) is 58.8 Å². The number of nitrogens with zero attached hydrogens (tertiary/aromatic N) is 2. The summed E-state index contributed by atoms with van der Waals surface area (Å²) in [4.78, 5) is 27.6. The van der Waals surface area contributed by atoms with Gasteiger partial charge < -0.3 is 10.5 Å². The molecule has 0 aliphatic heterocycles. The highest BCUT2D eigenvalue weighted by Crippen LogP contribution is 2.26. The number of nitrogens with two attached hydrogens (primary N) is 1. The maximum Gasteiger partial charge on any atom is 0.264 e. The number of thiazole rings is 1. The normalized spacial score (nSPS) is 11.3. The van der Waals surface area contributed by atoms with E-state index in [1.807, 2.05) is 0 Å². The second-order valence-electron chi connectivity index (χ2n) is 6.97. The number of hydrogen-bond acceptors (Lipinski definition) is 7. The Morgan fingerprint density at radius 1 is 1.09 bits per heavy atom. The van der Waals surface area contributed by atoms with Gasteiger partial charge in [0.1, 0.15) is 5.75 Å². The molecule has 32 heavy (non-hydrogen) atoms. The summed E-state index contributed by atoms with van der Waals surface area (Å²) in [5, 5.41) is 4.84. The highest BCUT2D eigenvalue weighted by atomic mass is 32.2. The Labute approximate surface area is 189 Å². The molecule has 2 amide bonds. The molecule has 0 aliphatic carbocycles. The largest absolute Gasteiger partial charge is 0.484 e. The van der Waals surface area contributed by atoms with E-state index in [1.165, 1.54) is 37.6 Å². The van der Waals surface area contributed by atoms with Gasteiger partial charge in [-0.05, 0) is 29.8 Å². The van der Waals surface area contributed by atoms with Crippen LogP contribution in [0.1, 0.15) is 5.56 Å². The maximum absolute atomic E-state index is 12.2. The monoisotopic (exact) mass is 474 g/mol. The van der Waals surface area contributed by atoms with Gasteiger partial charge in [0.25, 0.3) is 5.91 Å². The Bertz CT molecular complexity index is 1200. The lowest BCUT2D eigenvalue weighted by Crippen LogP contribution is -2.22. The lowest BCUT2D eigenvalue weighted by Gasteiger charge is -2.11. The number of amides is 2. The Balaban J connectivity index is 1.56. The number of sulfonamides is 1. The number of rotatable bonds is 9. The highest BCUT2D eigenvalue weighted by Gasteiger charge is 2.17. The zero-order valence-electron chi connectivity index (χ0n) is 17.4. The molecule has 2 aromatic carbocycles. The summed E-state index contributed by atoms with van der Waals surface area (Å²) >= 11 is 1.25. The van der Waals surface area contributed by atoms with E-state index in [9.17, 15) is 18.0 Å². The summed E-state index contributed by atoms with van der Waals surface area (Å²) in [6.45, 7) is -0.207. The van der Waals surface area contributed by atoms with Crippen molar-refractivity contribution in [3.05, 3.63) is 59.5 Å². The first-order valence-corrected chi connectivity index (χ1v) is 11.8. The predicted octanol–water partition coefficient (Wildman–Crippen LogP) is 2.11. The zero-order valence-corrected chi connectivity index (χ0v) is 19.1. The van der Waals surface area contributed by atoms with Crippen LogP contribution in [0, 0.1) is 0 Å². The highest BCUT2D eigenvalue weighted by molar-refractivity contribution is 7.89. The first-order valence-electron chi connectivity index (χ1n) is 9.43. The van der Waals surface area contributed by atoms with E-state index in [0.717, 1.165) is 15.4 Å². The van der Waals surface area contributed by atoms with Crippen LogP contribution < -0.4 is 15.8 Å². The summed E-state index contributed by atoms with van der Waals surface area (Å²) in [5.41, 5.74) is 7.26. The number of carbonyl (C=O) groups is 2. The Morgan fingerprint density at radius 2 is 1.75 bits per heavy atom. The van der Waals surface area contributed by atoms with Crippen molar-refractivity contribution in [3.63, 3.8) is 0 Å². The van der Waals surface area contributed by atoms with Crippen molar-refractivity contribution in [2.24, 2.45) is 5.73 Å². The van der Waals surface area contributed by atoms with Crippen LogP contribution in [0.25, 0.3) is 11.3 Å². The summed E-state index contributed by atoms with van der Waals surface area (Å²) < 4.78 is 30.9. The molecule has 0 saturated carbocycles. The van der Waals surface area contributed by atoms with Gasteiger partial charge in [-0.2, -0.15) is 0 Å². The zero-order chi connectivity index (χ0) is 23.3. The average Bonchev–Trinajstić information content (AvgIpc) is 3.21. The van der Waals surface area contributed by atoms with E-state index in [0.29, 0.717) is 16.6 Å². The van der Waals surface area contributed by atoms with Crippen LogP contribution >= 0.6 is 11.3 Å². The van der Waals surface area contributed by atoms with Crippen LogP contribution in [-0.4, -0.2) is 50.2 Å². The van der Waals surface area contributed by atoms with Gasteiger partial charge in [0.15, 0.2) is 11.7 Å². The van der Waals surface area contributed by atoms with E-state index in [4.69, 9.17) is 10.5 Å². The van der Waals surface area contributed by atoms with Crippen molar-refractivity contribution in [2.75, 3.05) is 26.0 Å². The summed E-state index contributed by atoms with van der Waals surface area (Å²) in [5.74, 6) is -0.309. The molecule has 9 nitrogen and oxygen atoms in total. The van der Waals surface area contributed by atoms with Gasteiger partial charge in [0.2, 0.25) is 15.9 Å². The molecule has 168 valence electrons. The Hall–Kier alpha value is -3.28. The van der Waals surface area contributed by atoms with Crippen molar-refractivity contribution in [1.82, 2.24) is 9.29 Å². The number of benzene rings is 2. The summed E-state index contributed by atoms with van der Waals surface area (Å²) in [7, 11) is -0.552.